The summed E-state index contributed by atoms with van der Waals surface area (Å²) in [7, 11) is 0. The van der Waals surface area contributed by atoms with Gasteiger partial charge in [-0.2, -0.15) is 0 Å². The first-order valence-corrected chi connectivity index (χ1v) is 8.26. The molecule has 1 aromatic heterocycles. The van der Waals surface area contributed by atoms with E-state index in [1.165, 1.54) is 11.3 Å². The highest BCUT2D eigenvalue weighted by atomic mass is 35.5. The highest BCUT2D eigenvalue weighted by Gasteiger charge is 2.23. The van der Waals surface area contributed by atoms with E-state index in [0.717, 1.165) is 44.3 Å². The Morgan fingerprint density at radius 2 is 2.00 bits per heavy atom. The normalized spacial score (nSPS) is 15.2. The van der Waals surface area contributed by atoms with Crippen molar-refractivity contribution in [3.05, 3.63) is 16.1 Å². The number of carbonyl (C=O) groups is 1. The van der Waals surface area contributed by atoms with Gasteiger partial charge in [0.05, 0.1) is 12.7 Å². The quantitative estimate of drug-likeness (QED) is 0.806. The van der Waals surface area contributed by atoms with Crippen LogP contribution in [0.3, 0.4) is 0 Å². The first kappa shape index (κ1) is 22.6. The van der Waals surface area contributed by atoms with Crippen LogP contribution < -0.4 is 5.73 Å². The molecule has 134 valence electrons. The van der Waals surface area contributed by atoms with Crippen LogP contribution in [-0.2, 0) is 11.3 Å². The van der Waals surface area contributed by atoms with Crippen molar-refractivity contribution >= 4 is 42.1 Å². The number of halogens is 2. The summed E-state index contributed by atoms with van der Waals surface area (Å²) in [5.74, 6) is 0.0176. The largest absolute Gasteiger partial charge is 0.377 e. The van der Waals surface area contributed by atoms with E-state index in [4.69, 9.17) is 10.5 Å². The maximum Gasteiger partial charge on any atom is 0.273 e. The number of nitrogens with zero attached hydrogens (tertiary/aromatic N) is 3. The summed E-state index contributed by atoms with van der Waals surface area (Å²) in [6.07, 6.45) is 0.272. The molecule has 2 N–H and O–H groups in total. The van der Waals surface area contributed by atoms with Gasteiger partial charge in [-0.05, 0) is 13.8 Å². The van der Waals surface area contributed by atoms with Crippen molar-refractivity contribution in [2.75, 3.05) is 39.3 Å². The van der Waals surface area contributed by atoms with Crippen molar-refractivity contribution in [3.8, 4) is 0 Å². The molecule has 0 aliphatic carbocycles. The van der Waals surface area contributed by atoms with Crippen molar-refractivity contribution in [2.24, 2.45) is 5.73 Å². The topological polar surface area (TPSA) is 71.7 Å². The van der Waals surface area contributed by atoms with Crippen molar-refractivity contribution in [1.82, 2.24) is 14.8 Å². The van der Waals surface area contributed by atoms with Gasteiger partial charge in [0.1, 0.15) is 10.7 Å². The Kier molecular flexibility index (Phi) is 11.0. The van der Waals surface area contributed by atoms with Crippen molar-refractivity contribution in [1.29, 1.82) is 0 Å². The molecule has 2 heterocycles. The maximum absolute atomic E-state index is 12.3. The number of rotatable bonds is 6. The summed E-state index contributed by atoms with van der Waals surface area (Å²) in [5, 5.41) is 2.61. The number of piperazine rings is 1. The van der Waals surface area contributed by atoms with Gasteiger partial charge in [0.15, 0.2) is 0 Å². The number of amides is 1. The second-order valence-corrected chi connectivity index (χ2v) is 6.33. The zero-order valence-electron chi connectivity index (χ0n) is 13.6. The maximum atomic E-state index is 12.3. The molecule has 0 spiro atoms. The molecule has 1 amide bonds. The van der Waals surface area contributed by atoms with Crippen molar-refractivity contribution in [3.63, 3.8) is 0 Å². The minimum absolute atomic E-state index is 0. The fourth-order valence-corrected chi connectivity index (χ4v) is 2.91. The number of carbonyl (C=O) groups excluding carboxylic acids is 1. The predicted octanol–water partition coefficient (Wildman–Crippen LogP) is 1.63. The molecule has 1 aliphatic rings. The van der Waals surface area contributed by atoms with Crippen LogP contribution >= 0.6 is 36.2 Å². The van der Waals surface area contributed by atoms with Gasteiger partial charge in [0, 0.05) is 44.6 Å². The Morgan fingerprint density at radius 3 is 2.52 bits per heavy atom. The SMILES string of the molecule is CC(C)OCCN1CCN(C(=O)c2csc(CN)n2)CC1.Cl.Cl. The lowest BCUT2D eigenvalue weighted by molar-refractivity contribution is 0.0405. The molecule has 6 nitrogen and oxygen atoms in total. The number of nitrogens with two attached hydrogens (primary N) is 1. The Hall–Kier alpha value is -0.440. The molecule has 1 fully saturated rings. The lowest BCUT2D eigenvalue weighted by Gasteiger charge is -2.34. The lowest BCUT2D eigenvalue weighted by Crippen LogP contribution is -2.49. The van der Waals surface area contributed by atoms with Gasteiger partial charge < -0.3 is 15.4 Å². The number of hydrogen-bond donors (Lipinski definition) is 1. The summed E-state index contributed by atoms with van der Waals surface area (Å²) in [6.45, 7) is 9.42. The fraction of sp³-hybridized carbons (Fsp3) is 0.714. The second kappa shape index (κ2) is 11.2. The van der Waals surface area contributed by atoms with E-state index in [1.807, 2.05) is 18.7 Å². The van der Waals surface area contributed by atoms with Crippen LogP contribution in [0.15, 0.2) is 5.38 Å². The zero-order valence-corrected chi connectivity index (χ0v) is 16.0. The third-order valence-corrected chi connectivity index (χ3v) is 4.33. The zero-order chi connectivity index (χ0) is 15.2. The first-order chi connectivity index (χ1) is 10.1. The third-order valence-electron chi connectivity index (χ3n) is 3.46. The molecule has 0 unspecified atom stereocenters. The third kappa shape index (κ3) is 6.91. The van der Waals surface area contributed by atoms with Crippen molar-refractivity contribution in [2.45, 2.75) is 26.5 Å². The summed E-state index contributed by atoms with van der Waals surface area (Å²) < 4.78 is 5.56. The van der Waals surface area contributed by atoms with E-state index in [9.17, 15) is 4.79 Å². The molecule has 0 bridgehead atoms. The monoisotopic (exact) mass is 384 g/mol. The lowest BCUT2D eigenvalue weighted by atomic mass is 10.3. The van der Waals surface area contributed by atoms with Gasteiger partial charge in [-0.3, -0.25) is 9.69 Å². The van der Waals surface area contributed by atoms with Crippen LogP contribution in [-0.4, -0.2) is 66.1 Å². The van der Waals surface area contributed by atoms with E-state index in [1.54, 1.807) is 5.38 Å². The summed E-state index contributed by atoms with van der Waals surface area (Å²) >= 11 is 1.45. The van der Waals surface area contributed by atoms with E-state index < -0.39 is 0 Å². The average molecular weight is 385 g/mol. The van der Waals surface area contributed by atoms with Crippen LogP contribution in [0.25, 0.3) is 0 Å². The first-order valence-electron chi connectivity index (χ1n) is 7.38. The van der Waals surface area contributed by atoms with Gasteiger partial charge in [-0.1, -0.05) is 0 Å². The molecular weight excluding hydrogens is 359 g/mol. The molecular formula is C14H26Cl2N4O2S. The fourth-order valence-electron chi connectivity index (χ4n) is 2.26. The van der Waals surface area contributed by atoms with Crippen LogP contribution in [0.5, 0.6) is 0 Å². The summed E-state index contributed by atoms with van der Waals surface area (Å²) in [5.41, 5.74) is 6.06. The minimum Gasteiger partial charge on any atom is -0.377 e. The highest BCUT2D eigenvalue weighted by Crippen LogP contribution is 2.13. The van der Waals surface area contributed by atoms with E-state index in [-0.39, 0.29) is 36.8 Å². The van der Waals surface area contributed by atoms with Crippen molar-refractivity contribution < 1.29 is 9.53 Å². The Bertz CT molecular complexity index is 465. The molecule has 23 heavy (non-hydrogen) atoms. The molecule has 9 heteroatoms. The number of hydrogen-bond acceptors (Lipinski definition) is 6. The van der Waals surface area contributed by atoms with Crippen LogP contribution in [0, 0.1) is 0 Å². The molecule has 2 rings (SSSR count). The molecule has 0 atom stereocenters. The molecule has 0 saturated carbocycles. The minimum atomic E-state index is 0. The molecule has 1 saturated heterocycles. The predicted molar refractivity (Wildman–Crippen MR) is 97.9 cm³/mol. The van der Waals surface area contributed by atoms with Gasteiger partial charge in [-0.25, -0.2) is 4.98 Å². The molecule has 1 aromatic rings. The standard InChI is InChI=1S/C14H24N4O2S.2ClH/c1-11(2)20-8-7-17-3-5-18(6-4-17)14(19)12-10-21-13(9-15)16-12;;/h10-11H,3-9,15H2,1-2H3;2*1H. The highest BCUT2D eigenvalue weighted by molar-refractivity contribution is 7.09. The molecule has 1 aliphatic heterocycles. The summed E-state index contributed by atoms with van der Waals surface area (Å²) in [6, 6.07) is 0. The smallest absolute Gasteiger partial charge is 0.273 e. The van der Waals surface area contributed by atoms with Gasteiger partial charge in [0.2, 0.25) is 0 Å². The molecule has 0 aromatic carbocycles. The Balaban J connectivity index is 0.00000242. The second-order valence-electron chi connectivity index (χ2n) is 5.38. The average Bonchev–Trinajstić information content (AvgIpc) is 2.96. The van der Waals surface area contributed by atoms with E-state index in [0.29, 0.717) is 12.2 Å². The number of aromatic nitrogens is 1. The van der Waals surface area contributed by atoms with Gasteiger partial charge in [-0.15, -0.1) is 36.2 Å². The molecule has 0 radical (unpaired) electrons. The Morgan fingerprint density at radius 1 is 1.35 bits per heavy atom. The van der Waals surface area contributed by atoms with Gasteiger partial charge in [0.25, 0.3) is 5.91 Å². The number of ether oxygens (including phenoxy) is 1. The van der Waals surface area contributed by atoms with Crippen LogP contribution in [0.2, 0.25) is 0 Å². The van der Waals surface area contributed by atoms with Crippen LogP contribution in [0.4, 0.5) is 0 Å². The summed E-state index contributed by atoms with van der Waals surface area (Å²) in [4.78, 5) is 20.8. The van der Waals surface area contributed by atoms with E-state index >= 15 is 0 Å². The van der Waals surface area contributed by atoms with Crippen LogP contribution in [0.1, 0.15) is 29.3 Å². The Labute approximate surface area is 154 Å². The van der Waals surface area contributed by atoms with Gasteiger partial charge >= 0.3 is 0 Å². The number of thiazole rings is 1. The van der Waals surface area contributed by atoms with E-state index in [2.05, 4.69) is 9.88 Å².